The van der Waals surface area contributed by atoms with Crippen LogP contribution in [-0.2, 0) is 12.8 Å². The number of nitrogens with zero attached hydrogens (tertiary/aromatic N) is 1. The average molecular weight is 280 g/mol. The maximum Gasteiger partial charge on any atom is 0.124 e. The number of aromatic nitrogens is 1. The van der Waals surface area contributed by atoms with Crippen LogP contribution in [0.1, 0.15) is 11.1 Å². The van der Waals surface area contributed by atoms with Gasteiger partial charge in [-0.3, -0.25) is 16.3 Å². The number of hydrogen-bond donors (Lipinski definition) is 2. The Morgan fingerprint density at radius 2 is 2.16 bits per heavy atom. The first kappa shape index (κ1) is 13.9. The summed E-state index contributed by atoms with van der Waals surface area (Å²) in [6.45, 7) is 0. The number of nitrogens with two attached hydrogens (primary N) is 1. The van der Waals surface area contributed by atoms with Gasteiger partial charge in [-0.25, -0.2) is 4.39 Å². The number of benzene rings is 1. The van der Waals surface area contributed by atoms with Crippen LogP contribution in [0.4, 0.5) is 4.39 Å². The summed E-state index contributed by atoms with van der Waals surface area (Å²) in [7, 11) is 0. The van der Waals surface area contributed by atoms with Gasteiger partial charge in [0.05, 0.1) is 0 Å². The second-order valence-corrected chi connectivity index (χ2v) is 4.78. The fourth-order valence-electron chi connectivity index (χ4n) is 1.95. The van der Waals surface area contributed by atoms with Crippen molar-refractivity contribution in [3.05, 3.63) is 64.7 Å². The Kier molecular flexibility index (Phi) is 4.85. The van der Waals surface area contributed by atoms with Crippen LogP contribution in [0, 0.1) is 5.82 Å². The van der Waals surface area contributed by atoms with Gasteiger partial charge in [0.1, 0.15) is 5.82 Å². The second kappa shape index (κ2) is 6.61. The number of hydrogen-bond acceptors (Lipinski definition) is 3. The van der Waals surface area contributed by atoms with Gasteiger partial charge in [-0.05, 0) is 42.2 Å². The van der Waals surface area contributed by atoms with Gasteiger partial charge in [0.25, 0.3) is 0 Å². The number of pyridine rings is 1. The fraction of sp³-hybridized carbons (Fsp3) is 0.214. The van der Waals surface area contributed by atoms with E-state index in [2.05, 4.69) is 10.4 Å². The summed E-state index contributed by atoms with van der Waals surface area (Å²) < 4.78 is 13.0. The molecule has 0 aliphatic rings. The molecule has 0 saturated heterocycles. The molecule has 1 aromatic heterocycles. The Morgan fingerprint density at radius 1 is 1.32 bits per heavy atom. The Morgan fingerprint density at radius 3 is 2.79 bits per heavy atom. The number of hydrazine groups is 1. The largest absolute Gasteiger partial charge is 0.271 e. The summed E-state index contributed by atoms with van der Waals surface area (Å²) in [5.41, 5.74) is 4.72. The molecule has 0 radical (unpaired) electrons. The normalized spacial score (nSPS) is 12.4. The van der Waals surface area contributed by atoms with E-state index in [0.717, 1.165) is 17.5 Å². The van der Waals surface area contributed by atoms with Crippen molar-refractivity contribution in [2.45, 2.75) is 18.9 Å². The summed E-state index contributed by atoms with van der Waals surface area (Å²) in [6.07, 6.45) is 4.89. The van der Waals surface area contributed by atoms with Crippen molar-refractivity contribution in [1.82, 2.24) is 10.4 Å². The highest BCUT2D eigenvalue weighted by atomic mass is 35.5. The molecule has 0 aliphatic heterocycles. The lowest BCUT2D eigenvalue weighted by Crippen LogP contribution is -2.38. The molecule has 0 saturated carbocycles. The van der Waals surface area contributed by atoms with E-state index in [1.165, 1.54) is 12.1 Å². The van der Waals surface area contributed by atoms with Crippen molar-refractivity contribution in [3.8, 4) is 0 Å². The molecule has 0 spiro atoms. The van der Waals surface area contributed by atoms with Gasteiger partial charge in [-0.1, -0.05) is 23.7 Å². The first-order valence-corrected chi connectivity index (χ1v) is 6.36. The van der Waals surface area contributed by atoms with E-state index in [-0.39, 0.29) is 11.9 Å². The zero-order chi connectivity index (χ0) is 13.7. The Hall–Kier alpha value is -1.49. The first-order chi connectivity index (χ1) is 9.19. The van der Waals surface area contributed by atoms with Gasteiger partial charge in [0, 0.05) is 23.5 Å². The molecule has 19 heavy (non-hydrogen) atoms. The lowest BCUT2D eigenvalue weighted by Gasteiger charge is -2.16. The Labute approximate surface area is 116 Å². The zero-order valence-electron chi connectivity index (χ0n) is 10.3. The molecule has 1 heterocycles. The van der Waals surface area contributed by atoms with Crippen LogP contribution in [0.5, 0.6) is 0 Å². The minimum Gasteiger partial charge on any atom is -0.271 e. The molecule has 1 aromatic carbocycles. The van der Waals surface area contributed by atoms with Gasteiger partial charge in [-0.15, -0.1) is 0 Å². The van der Waals surface area contributed by atoms with Crippen LogP contribution in [0.25, 0.3) is 0 Å². The van der Waals surface area contributed by atoms with Crippen LogP contribution in [0.2, 0.25) is 5.02 Å². The SMILES string of the molecule is NNC(Cc1cccnc1)Cc1ccc(F)cc1Cl. The smallest absolute Gasteiger partial charge is 0.124 e. The van der Waals surface area contributed by atoms with E-state index in [4.69, 9.17) is 17.4 Å². The molecule has 0 amide bonds. The highest BCUT2D eigenvalue weighted by Crippen LogP contribution is 2.19. The van der Waals surface area contributed by atoms with Crippen molar-refractivity contribution in [1.29, 1.82) is 0 Å². The third-order valence-electron chi connectivity index (χ3n) is 2.92. The van der Waals surface area contributed by atoms with Crippen molar-refractivity contribution in [2.24, 2.45) is 5.84 Å². The average Bonchev–Trinajstić information content (AvgIpc) is 2.42. The summed E-state index contributed by atoms with van der Waals surface area (Å²) in [5.74, 6) is 5.23. The molecule has 0 fully saturated rings. The molecule has 3 N–H and O–H groups in total. The third kappa shape index (κ3) is 3.99. The Balaban J connectivity index is 2.06. The fourth-order valence-corrected chi connectivity index (χ4v) is 2.19. The molecular weight excluding hydrogens is 265 g/mol. The van der Waals surface area contributed by atoms with E-state index in [1.807, 2.05) is 12.1 Å². The van der Waals surface area contributed by atoms with Gasteiger partial charge in [-0.2, -0.15) is 0 Å². The zero-order valence-corrected chi connectivity index (χ0v) is 11.1. The molecule has 0 bridgehead atoms. The van der Waals surface area contributed by atoms with E-state index in [1.54, 1.807) is 18.5 Å². The first-order valence-electron chi connectivity index (χ1n) is 5.98. The van der Waals surface area contributed by atoms with Crippen molar-refractivity contribution < 1.29 is 4.39 Å². The monoisotopic (exact) mass is 279 g/mol. The van der Waals surface area contributed by atoms with Crippen molar-refractivity contribution in [2.75, 3.05) is 0 Å². The third-order valence-corrected chi connectivity index (χ3v) is 3.27. The van der Waals surface area contributed by atoms with Crippen LogP contribution in [-0.4, -0.2) is 11.0 Å². The molecule has 100 valence electrons. The van der Waals surface area contributed by atoms with Gasteiger partial charge in [0.2, 0.25) is 0 Å². The highest BCUT2D eigenvalue weighted by Gasteiger charge is 2.11. The molecule has 1 unspecified atom stereocenters. The highest BCUT2D eigenvalue weighted by molar-refractivity contribution is 6.31. The van der Waals surface area contributed by atoms with E-state index in [0.29, 0.717) is 11.4 Å². The van der Waals surface area contributed by atoms with Gasteiger partial charge < -0.3 is 0 Å². The quantitative estimate of drug-likeness (QED) is 0.653. The van der Waals surface area contributed by atoms with E-state index >= 15 is 0 Å². The van der Waals surface area contributed by atoms with Crippen molar-refractivity contribution in [3.63, 3.8) is 0 Å². The number of rotatable bonds is 5. The van der Waals surface area contributed by atoms with Crippen LogP contribution in [0.3, 0.4) is 0 Å². The predicted octanol–water partition coefficient (Wildman–Crippen LogP) is 2.49. The molecule has 5 heteroatoms. The minimum atomic E-state index is -0.335. The summed E-state index contributed by atoms with van der Waals surface area (Å²) in [6, 6.07) is 8.29. The van der Waals surface area contributed by atoms with E-state index in [9.17, 15) is 4.39 Å². The van der Waals surface area contributed by atoms with Gasteiger partial charge in [0.15, 0.2) is 0 Å². The minimum absolute atomic E-state index is 0.0205. The molecule has 0 aliphatic carbocycles. The summed E-state index contributed by atoms with van der Waals surface area (Å²) in [4.78, 5) is 4.06. The molecular formula is C14H15ClFN3. The standard InChI is InChI=1S/C14H15ClFN3/c15-14-8-12(16)4-3-11(14)7-13(19-17)6-10-2-1-5-18-9-10/h1-5,8-9,13,19H,6-7,17H2. The maximum atomic E-state index is 13.0. The lowest BCUT2D eigenvalue weighted by atomic mass is 10.0. The lowest BCUT2D eigenvalue weighted by molar-refractivity contribution is 0.521. The van der Waals surface area contributed by atoms with Crippen LogP contribution < -0.4 is 11.3 Å². The second-order valence-electron chi connectivity index (χ2n) is 4.37. The number of nitrogens with one attached hydrogen (secondary N) is 1. The molecule has 2 aromatic rings. The Bertz CT molecular complexity index is 533. The van der Waals surface area contributed by atoms with Gasteiger partial charge >= 0.3 is 0 Å². The molecule has 2 rings (SSSR count). The van der Waals surface area contributed by atoms with Crippen LogP contribution >= 0.6 is 11.6 Å². The predicted molar refractivity (Wildman–Crippen MR) is 74.2 cm³/mol. The number of halogens is 2. The van der Waals surface area contributed by atoms with Crippen LogP contribution in [0.15, 0.2) is 42.7 Å². The topological polar surface area (TPSA) is 50.9 Å². The summed E-state index contributed by atoms with van der Waals surface area (Å²) >= 11 is 6.01. The maximum absolute atomic E-state index is 13.0. The molecule has 3 nitrogen and oxygen atoms in total. The molecule has 1 atom stereocenters. The van der Waals surface area contributed by atoms with E-state index < -0.39 is 0 Å². The summed E-state index contributed by atoms with van der Waals surface area (Å²) in [5, 5.41) is 0.423. The van der Waals surface area contributed by atoms with Crippen molar-refractivity contribution >= 4 is 11.6 Å².